The number of hydrogen-bond donors (Lipinski definition) is 1. The zero-order valence-electron chi connectivity index (χ0n) is 6.83. The second kappa shape index (κ2) is 3.98. The van der Waals surface area contributed by atoms with Crippen molar-refractivity contribution >= 4 is 33.2 Å². The summed E-state index contributed by atoms with van der Waals surface area (Å²) in [4.78, 5) is 0. The number of halogens is 5. The summed E-state index contributed by atoms with van der Waals surface area (Å²) in [5.74, 6) is 0. The molecule has 1 aromatic rings. The number of alkyl halides is 4. The van der Waals surface area contributed by atoms with Crippen molar-refractivity contribution in [2.75, 3.05) is 5.73 Å². The van der Waals surface area contributed by atoms with Gasteiger partial charge in [-0.15, -0.1) is 0 Å². The third-order valence-electron chi connectivity index (χ3n) is 1.62. The van der Waals surface area contributed by atoms with Crippen molar-refractivity contribution in [2.45, 2.75) is 11.5 Å². The highest BCUT2D eigenvalue weighted by Crippen LogP contribution is 2.39. The molecule has 1 aromatic carbocycles. The molecule has 14 heavy (non-hydrogen) atoms. The third kappa shape index (κ3) is 2.33. The van der Waals surface area contributed by atoms with Crippen molar-refractivity contribution in [3.8, 4) is 0 Å². The van der Waals surface area contributed by atoms with Crippen LogP contribution in [0.2, 0.25) is 5.02 Å². The lowest BCUT2D eigenvalue weighted by Crippen LogP contribution is -2.10. The van der Waals surface area contributed by atoms with Gasteiger partial charge in [-0.05, 0) is 17.7 Å². The molecule has 0 aliphatic heterocycles. The minimum Gasteiger partial charge on any atom is -0.399 e. The van der Waals surface area contributed by atoms with Gasteiger partial charge >= 0.3 is 6.18 Å². The van der Waals surface area contributed by atoms with Crippen molar-refractivity contribution in [2.24, 2.45) is 0 Å². The van der Waals surface area contributed by atoms with Gasteiger partial charge < -0.3 is 5.73 Å². The predicted octanol–water partition coefficient (Wildman–Crippen LogP) is 3.84. The second-order valence-electron chi connectivity index (χ2n) is 2.67. The van der Waals surface area contributed by atoms with Crippen LogP contribution in [0.5, 0.6) is 0 Å². The van der Waals surface area contributed by atoms with E-state index in [1.165, 1.54) is 6.07 Å². The minimum absolute atomic E-state index is 0.0440. The summed E-state index contributed by atoms with van der Waals surface area (Å²) in [6.45, 7) is 0. The molecule has 0 fully saturated rings. The quantitative estimate of drug-likeness (QED) is 0.617. The maximum absolute atomic E-state index is 12.5. The fourth-order valence-corrected chi connectivity index (χ4v) is 1.91. The second-order valence-corrected chi connectivity index (χ2v) is 3.64. The van der Waals surface area contributed by atoms with Gasteiger partial charge in [-0.25, -0.2) is 0 Å². The Kier molecular flexibility index (Phi) is 3.32. The van der Waals surface area contributed by atoms with Crippen molar-refractivity contribution in [1.82, 2.24) is 0 Å². The molecule has 6 heteroatoms. The largest absolute Gasteiger partial charge is 0.418 e. The smallest absolute Gasteiger partial charge is 0.399 e. The first-order valence-electron chi connectivity index (χ1n) is 3.57. The first kappa shape index (κ1) is 11.7. The third-order valence-corrected chi connectivity index (χ3v) is 2.52. The summed E-state index contributed by atoms with van der Waals surface area (Å²) in [6.07, 6.45) is -4.45. The lowest BCUT2D eigenvalue weighted by molar-refractivity contribution is -0.137. The number of nitrogen functional groups attached to an aromatic ring is 1. The summed E-state index contributed by atoms with van der Waals surface area (Å²) in [6, 6.07) is 2.35. The van der Waals surface area contributed by atoms with E-state index in [4.69, 9.17) is 17.3 Å². The molecule has 0 spiro atoms. The molecule has 0 heterocycles. The van der Waals surface area contributed by atoms with E-state index in [2.05, 4.69) is 15.9 Å². The number of anilines is 1. The molecule has 0 saturated heterocycles. The van der Waals surface area contributed by atoms with Crippen LogP contribution >= 0.6 is 27.5 Å². The van der Waals surface area contributed by atoms with Gasteiger partial charge in [0.25, 0.3) is 0 Å². The summed E-state index contributed by atoms with van der Waals surface area (Å²) in [5, 5.41) is -0.306. The molecule has 1 nitrogen and oxygen atoms in total. The fraction of sp³-hybridized carbons (Fsp3) is 0.250. The number of hydrogen-bond acceptors (Lipinski definition) is 1. The van der Waals surface area contributed by atoms with E-state index in [-0.39, 0.29) is 21.6 Å². The molecule has 2 N–H and O–H groups in total. The van der Waals surface area contributed by atoms with E-state index < -0.39 is 11.7 Å². The number of benzene rings is 1. The van der Waals surface area contributed by atoms with Crippen molar-refractivity contribution < 1.29 is 13.2 Å². The summed E-state index contributed by atoms with van der Waals surface area (Å²) >= 11 is 8.43. The fourth-order valence-electron chi connectivity index (χ4n) is 1.11. The monoisotopic (exact) mass is 287 g/mol. The van der Waals surface area contributed by atoms with Crippen molar-refractivity contribution in [3.05, 3.63) is 28.3 Å². The zero-order chi connectivity index (χ0) is 10.9. The van der Waals surface area contributed by atoms with Gasteiger partial charge in [0.1, 0.15) is 0 Å². The molecule has 0 aliphatic rings. The Bertz CT molecular complexity index is 351. The van der Waals surface area contributed by atoms with Crippen LogP contribution in [-0.2, 0) is 11.5 Å². The minimum atomic E-state index is -4.45. The van der Waals surface area contributed by atoms with Crippen LogP contribution < -0.4 is 5.73 Å². The SMILES string of the molecule is Nc1cc(Cl)c(C(F)(F)F)c(CBr)c1. The van der Waals surface area contributed by atoms with E-state index in [0.717, 1.165) is 6.07 Å². The molecular weight excluding hydrogens is 282 g/mol. The highest BCUT2D eigenvalue weighted by atomic mass is 79.9. The van der Waals surface area contributed by atoms with Gasteiger partial charge in [-0.2, -0.15) is 13.2 Å². The summed E-state index contributed by atoms with van der Waals surface area (Å²) in [5.41, 5.74) is 4.81. The summed E-state index contributed by atoms with van der Waals surface area (Å²) < 4.78 is 37.4. The topological polar surface area (TPSA) is 26.0 Å². The molecule has 0 saturated carbocycles. The summed E-state index contributed by atoms with van der Waals surface area (Å²) in [7, 11) is 0. The Morgan fingerprint density at radius 2 is 1.93 bits per heavy atom. The Morgan fingerprint density at radius 1 is 1.36 bits per heavy atom. The van der Waals surface area contributed by atoms with Crippen LogP contribution in [0.1, 0.15) is 11.1 Å². The maximum atomic E-state index is 12.5. The zero-order valence-corrected chi connectivity index (χ0v) is 9.17. The highest BCUT2D eigenvalue weighted by Gasteiger charge is 2.35. The molecule has 0 unspecified atom stereocenters. The maximum Gasteiger partial charge on any atom is 0.418 e. The van der Waals surface area contributed by atoms with E-state index >= 15 is 0 Å². The molecule has 0 aliphatic carbocycles. The highest BCUT2D eigenvalue weighted by molar-refractivity contribution is 9.08. The molecule has 0 atom stereocenters. The first-order chi connectivity index (χ1) is 6.36. The molecule has 0 amide bonds. The average Bonchev–Trinajstić information content (AvgIpc) is 1.99. The standard InChI is InChI=1S/C8H6BrClF3N/c9-3-4-1-5(14)2-6(10)7(4)8(11,12)13/h1-2H,3,14H2. The van der Waals surface area contributed by atoms with Crippen LogP contribution in [0, 0.1) is 0 Å². The van der Waals surface area contributed by atoms with Crippen LogP contribution in [0.4, 0.5) is 18.9 Å². The van der Waals surface area contributed by atoms with E-state index in [1.54, 1.807) is 0 Å². The van der Waals surface area contributed by atoms with Gasteiger partial charge in [0.15, 0.2) is 0 Å². The molecule has 78 valence electrons. The molecule has 0 aromatic heterocycles. The Morgan fingerprint density at radius 3 is 2.36 bits per heavy atom. The normalized spacial score (nSPS) is 11.8. The molecule has 0 bridgehead atoms. The number of nitrogens with two attached hydrogens (primary N) is 1. The van der Waals surface area contributed by atoms with Gasteiger partial charge in [-0.1, -0.05) is 27.5 Å². The van der Waals surface area contributed by atoms with E-state index in [1.807, 2.05) is 0 Å². The molecule has 0 radical (unpaired) electrons. The van der Waals surface area contributed by atoms with Crippen LogP contribution in [0.25, 0.3) is 0 Å². The van der Waals surface area contributed by atoms with Gasteiger partial charge in [0.2, 0.25) is 0 Å². The first-order valence-corrected chi connectivity index (χ1v) is 5.07. The van der Waals surface area contributed by atoms with Gasteiger partial charge in [0.05, 0.1) is 10.6 Å². The Labute approximate surface area is 92.2 Å². The van der Waals surface area contributed by atoms with E-state index in [9.17, 15) is 13.2 Å². The van der Waals surface area contributed by atoms with Crippen LogP contribution in [-0.4, -0.2) is 0 Å². The Balaban J connectivity index is 3.40. The van der Waals surface area contributed by atoms with Gasteiger partial charge in [0, 0.05) is 11.0 Å². The van der Waals surface area contributed by atoms with Crippen LogP contribution in [0.3, 0.4) is 0 Å². The number of rotatable bonds is 1. The predicted molar refractivity (Wildman–Crippen MR) is 53.5 cm³/mol. The molecule has 1 rings (SSSR count). The van der Waals surface area contributed by atoms with Crippen molar-refractivity contribution in [1.29, 1.82) is 0 Å². The Hall–Kier alpha value is -0.420. The van der Waals surface area contributed by atoms with E-state index in [0.29, 0.717) is 0 Å². The molecular formula is C8H6BrClF3N. The van der Waals surface area contributed by atoms with Gasteiger partial charge in [-0.3, -0.25) is 0 Å². The average molecular weight is 288 g/mol. The lowest BCUT2D eigenvalue weighted by atomic mass is 10.1. The van der Waals surface area contributed by atoms with Crippen molar-refractivity contribution in [3.63, 3.8) is 0 Å². The lowest BCUT2D eigenvalue weighted by Gasteiger charge is -2.13. The van der Waals surface area contributed by atoms with Crippen LogP contribution in [0.15, 0.2) is 12.1 Å².